The van der Waals surface area contributed by atoms with Crippen LogP contribution in [0, 0.1) is 0 Å². The standard InChI is InChI=1S/C18H26N6O7/c1-9(18(30)31)22-16(28)12(5-10-7-19-8-21-10)23-17(29)13(6-14(25)26)24-15(27)11-3-2-4-20-11/h7-9,11-13,20H,2-6H2,1H3,(H,19,21)(H,22,28)(H,23,29)(H,24,27)(H,25,26)(H,30,31). The minimum absolute atomic E-state index is 0.0537. The summed E-state index contributed by atoms with van der Waals surface area (Å²) in [4.78, 5) is 66.5. The van der Waals surface area contributed by atoms with Gasteiger partial charge in [0, 0.05) is 18.3 Å². The van der Waals surface area contributed by atoms with Crippen LogP contribution >= 0.6 is 0 Å². The van der Waals surface area contributed by atoms with Crippen LogP contribution in [0.2, 0.25) is 0 Å². The molecule has 13 nitrogen and oxygen atoms in total. The number of rotatable bonds is 11. The normalized spacial score (nSPS) is 18.4. The topological polar surface area (TPSA) is 203 Å². The molecule has 1 saturated heterocycles. The summed E-state index contributed by atoms with van der Waals surface area (Å²) < 4.78 is 0. The van der Waals surface area contributed by atoms with Crippen LogP contribution < -0.4 is 21.3 Å². The lowest BCUT2D eigenvalue weighted by Crippen LogP contribution is -2.57. The second-order valence-electron chi connectivity index (χ2n) is 7.22. The van der Waals surface area contributed by atoms with Crippen molar-refractivity contribution in [1.29, 1.82) is 0 Å². The van der Waals surface area contributed by atoms with Gasteiger partial charge in [0.05, 0.1) is 18.8 Å². The zero-order valence-electron chi connectivity index (χ0n) is 16.9. The largest absolute Gasteiger partial charge is 0.481 e. The van der Waals surface area contributed by atoms with E-state index in [0.29, 0.717) is 18.7 Å². The molecule has 1 aromatic rings. The third-order valence-corrected chi connectivity index (χ3v) is 4.73. The molecule has 31 heavy (non-hydrogen) atoms. The number of carboxylic acids is 2. The summed E-state index contributed by atoms with van der Waals surface area (Å²) in [6.07, 6.45) is 3.40. The van der Waals surface area contributed by atoms with E-state index in [1.54, 1.807) is 0 Å². The smallest absolute Gasteiger partial charge is 0.325 e. The number of H-pyrrole nitrogens is 1. The van der Waals surface area contributed by atoms with Crippen LogP contribution in [0.25, 0.3) is 0 Å². The second-order valence-corrected chi connectivity index (χ2v) is 7.22. The molecule has 170 valence electrons. The predicted octanol–water partition coefficient (Wildman–Crippen LogP) is -2.26. The molecule has 0 spiro atoms. The molecule has 1 aliphatic rings. The third-order valence-electron chi connectivity index (χ3n) is 4.73. The Labute approximate surface area is 177 Å². The number of carbonyl (C=O) groups excluding carboxylic acids is 3. The molecule has 0 saturated carbocycles. The van der Waals surface area contributed by atoms with Crippen LogP contribution in [0.1, 0.15) is 31.9 Å². The van der Waals surface area contributed by atoms with Crippen molar-refractivity contribution >= 4 is 29.7 Å². The Bertz CT molecular complexity index is 806. The lowest BCUT2D eigenvalue weighted by atomic mass is 10.1. The van der Waals surface area contributed by atoms with E-state index < -0.39 is 60.2 Å². The fourth-order valence-corrected chi connectivity index (χ4v) is 3.04. The van der Waals surface area contributed by atoms with Gasteiger partial charge in [0.15, 0.2) is 0 Å². The summed E-state index contributed by atoms with van der Waals surface area (Å²) >= 11 is 0. The van der Waals surface area contributed by atoms with Gasteiger partial charge in [-0.2, -0.15) is 0 Å². The van der Waals surface area contributed by atoms with Gasteiger partial charge in [0.2, 0.25) is 17.7 Å². The average molecular weight is 438 g/mol. The van der Waals surface area contributed by atoms with Crippen LogP contribution in [-0.4, -0.2) is 80.6 Å². The number of nitrogens with one attached hydrogen (secondary N) is 5. The van der Waals surface area contributed by atoms with Crippen molar-refractivity contribution in [2.45, 2.75) is 56.8 Å². The Morgan fingerprint density at radius 3 is 2.39 bits per heavy atom. The highest BCUT2D eigenvalue weighted by Crippen LogP contribution is 2.07. The van der Waals surface area contributed by atoms with E-state index >= 15 is 0 Å². The number of aromatic nitrogens is 2. The van der Waals surface area contributed by atoms with Crippen molar-refractivity contribution in [1.82, 2.24) is 31.2 Å². The van der Waals surface area contributed by atoms with Crippen molar-refractivity contribution in [2.24, 2.45) is 0 Å². The highest BCUT2D eigenvalue weighted by atomic mass is 16.4. The molecule has 3 amide bonds. The van der Waals surface area contributed by atoms with Crippen molar-refractivity contribution in [3.63, 3.8) is 0 Å². The number of hydrogen-bond donors (Lipinski definition) is 7. The molecule has 0 aromatic carbocycles. The Balaban J connectivity index is 2.12. The van der Waals surface area contributed by atoms with Crippen LogP contribution in [0.15, 0.2) is 12.5 Å². The van der Waals surface area contributed by atoms with Gasteiger partial charge in [-0.1, -0.05) is 0 Å². The Morgan fingerprint density at radius 1 is 1.13 bits per heavy atom. The molecule has 2 heterocycles. The average Bonchev–Trinajstić information content (AvgIpc) is 3.40. The number of imidazole rings is 1. The van der Waals surface area contributed by atoms with Crippen LogP contribution in [-0.2, 0) is 30.4 Å². The van der Waals surface area contributed by atoms with Crippen LogP contribution in [0.4, 0.5) is 0 Å². The van der Waals surface area contributed by atoms with E-state index in [1.807, 2.05) is 0 Å². The van der Waals surface area contributed by atoms with Crippen LogP contribution in [0.5, 0.6) is 0 Å². The SMILES string of the molecule is CC(NC(=O)C(Cc1cnc[nH]1)NC(=O)C(CC(=O)O)NC(=O)C1CCCN1)C(=O)O. The Hall–Kier alpha value is -3.48. The van der Waals surface area contributed by atoms with Gasteiger partial charge in [-0.15, -0.1) is 0 Å². The molecule has 0 radical (unpaired) electrons. The molecule has 13 heteroatoms. The molecule has 1 aliphatic heterocycles. The van der Waals surface area contributed by atoms with E-state index in [4.69, 9.17) is 10.2 Å². The third kappa shape index (κ3) is 7.37. The maximum absolute atomic E-state index is 12.8. The summed E-state index contributed by atoms with van der Waals surface area (Å²) in [6, 6.07) is -4.38. The minimum Gasteiger partial charge on any atom is -0.481 e. The number of nitrogens with zero attached hydrogens (tertiary/aromatic N) is 1. The molecular formula is C18H26N6O7. The lowest BCUT2D eigenvalue weighted by molar-refractivity contribution is -0.143. The second kappa shape index (κ2) is 11.1. The lowest BCUT2D eigenvalue weighted by Gasteiger charge is -2.23. The monoisotopic (exact) mass is 438 g/mol. The highest BCUT2D eigenvalue weighted by Gasteiger charge is 2.32. The van der Waals surface area contributed by atoms with E-state index in [1.165, 1.54) is 19.4 Å². The first-order valence-electron chi connectivity index (χ1n) is 9.73. The summed E-state index contributed by atoms with van der Waals surface area (Å²) in [5.41, 5.74) is 0.484. The first-order chi connectivity index (χ1) is 14.7. The van der Waals surface area contributed by atoms with Gasteiger partial charge in [0.1, 0.15) is 18.1 Å². The zero-order valence-corrected chi connectivity index (χ0v) is 16.9. The fourth-order valence-electron chi connectivity index (χ4n) is 3.04. The summed E-state index contributed by atoms with van der Waals surface area (Å²) in [7, 11) is 0. The number of amides is 3. The van der Waals surface area contributed by atoms with Crippen LogP contribution in [0.3, 0.4) is 0 Å². The molecular weight excluding hydrogens is 412 g/mol. The Morgan fingerprint density at radius 2 is 1.84 bits per heavy atom. The van der Waals surface area contributed by atoms with Gasteiger partial charge in [-0.25, -0.2) is 4.98 Å². The van der Waals surface area contributed by atoms with E-state index in [9.17, 15) is 24.0 Å². The maximum Gasteiger partial charge on any atom is 0.325 e. The van der Waals surface area contributed by atoms with Crippen molar-refractivity contribution in [3.8, 4) is 0 Å². The maximum atomic E-state index is 12.8. The van der Waals surface area contributed by atoms with Gasteiger partial charge in [0.25, 0.3) is 0 Å². The van der Waals surface area contributed by atoms with Gasteiger partial charge < -0.3 is 36.5 Å². The molecule has 0 bridgehead atoms. The summed E-state index contributed by atoms with van der Waals surface area (Å²) in [5, 5.41) is 28.2. The van der Waals surface area contributed by atoms with E-state index in [-0.39, 0.29) is 6.42 Å². The highest BCUT2D eigenvalue weighted by molar-refractivity contribution is 5.95. The molecule has 4 atom stereocenters. The first kappa shape index (κ1) is 23.8. The predicted molar refractivity (Wildman–Crippen MR) is 105 cm³/mol. The molecule has 1 fully saturated rings. The van der Waals surface area contributed by atoms with Gasteiger partial charge >= 0.3 is 11.9 Å². The summed E-state index contributed by atoms with van der Waals surface area (Å²) in [6.45, 7) is 1.90. The van der Waals surface area contributed by atoms with E-state index in [0.717, 1.165) is 6.42 Å². The Kier molecular flexibility index (Phi) is 8.49. The number of aliphatic carboxylic acids is 2. The quantitative estimate of drug-likeness (QED) is 0.199. The first-order valence-corrected chi connectivity index (χ1v) is 9.73. The molecule has 7 N–H and O–H groups in total. The van der Waals surface area contributed by atoms with Gasteiger partial charge in [-0.05, 0) is 26.3 Å². The number of hydrogen-bond acceptors (Lipinski definition) is 7. The molecule has 0 aliphatic carbocycles. The van der Waals surface area contributed by atoms with Gasteiger partial charge in [-0.3, -0.25) is 24.0 Å². The molecule has 4 unspecified atom stereocenters. The minimum atomic E-state index is -1.42. The van der Waals surface area contributed by atoms with Crippen molar-refractivity contribution in [2.75, 3.05) is 6.54 Å². The van der Waals surface area contributed by atoms with E-state index in [2.05, 4.69) is 31.2 Å². The molecule has 1 aromatic heterocycles. The molecule has 2 rings (SSSR count). The fraction of sp³-hybridized carbons (Fsp3) is 0.556. The number of carbonyl (C=O) groups is 5. The number of aromatic amines is 1. The number of carboxylic acid groups (broad SMARTS) is 2. The van der Waals surface area contributed by atoms with Crippen molar-refractivity contribution < 1.29 is 34.2 Å². The zero-order chi connectivity index (χ0) is 23.0. The van der Waals surface area contributed by atoms with Crippen molar-refractivity contribution in [3.05, 3.63) is 18.2 Å². The summed E-state index contributed by atoms with van der Waals surface area (Å²) in [5.74, 6) is -4.74.